The van der Waals surface area contributed by atoms with Crippen molar-refractivity contribution in [3.05, 3.63) is 77.9 Å². The van der Waals surface area contributed by atoms with Crippen molar-refractivity contribution in [3.63, 3.8) is 0 Å². The topological polar surface area (TPSA) is 81.5 Å². The minimum Gasteiger partial charge on any atom is -0.496 e. The van der Waals surface area contributed by atoms with Gasteiger partial charge < -0.3 is 19.5 Å². The Kier molecular flexibility index (Phi) is 6.92. The van der Waals surface area contributed by atoms with Crippen molar-refractivity contribution in [2.45, 2.75) is 19.3 Å². The Morgan fingerprint density at radius 3 is 2.15 bits per heavy atom. The first-order chi connectivity index (χ1) is 16.6. The molecule has 3 aromatic carbocycles. The average molecular weight is 458 g/mol. The summed E-state index contributed by atoms with van der Waals surface area (Å²) in [5.74, 6) is 1.48. The maximum Gasteiger partial charge on any atom is 0.260 e. The van der Waals surface area contributed by atoms with Crippen molar-refractivity contribution >= 4 is 28.8 Å². The Bertz CT molecular complexity index is 1270. The lowest BCUT2D eigenvalue weighted by molar-refractivity contribution is 0.0973. The largest absolute Gasteiger partial charge is 0.496 e. The predicted octanol–water partition coefficient (Wildman–Crippen LogP) is 5.45. The molecule has 1 atom stereocenters. The molecule has 0 aromatic heterocycles. The number of para-hydroxylation sites is 3. The summed E-state index contributed by atoms with van der Waals surface area (Å²) >= 11 is 0. The van der Waals surface area contributed by atoms with Gasteiger partial charge in [-0.2, -0.15) is 0 Å². The number of carbonyl (C=O) groups is 1. The monoisotopic (exact) mass is 457 g/mol. The molecule has 3 aromatic rings. The number of amidine groups is 1. The number of ether oxygens (including phenoxy) is 3. The third-order valence-corrected chi connectivity index (χ3v) is 5.69. The molecule has 0 spiro atoms. The molecule has 174 valence electrons. The second kappa shape index (κ2) is 10.2. The van der Waals surface area contributed by atoms with E-state index in [0.717, 1.165) is 17.0 Å². The van der Waals surface area contributed by atoms with Gasteiger partial charge in [0.05, 0.1) is 44.2 Å². The number of amides is 1. The van der Waals surface area contributed by atoms with Gasteiger partial charge >= 0.3 is 0 Å². The summed E-state index contributed by atoms with van der Waals surface area (Å²) in [6.07, 6.45) is 0.664. The highest BCUT2D eigenvalue weighted by Gasteiger charge is 2.29. The van der Waals surface area contributed by atoms with E-state index in [-0.39, 0.29) is 5.91 Å². The van der Waals surface area contributed by atoms with Crippen LogP contribution < -0.4 is 19.5 Å². The summed E-state index contributed by atoms with van der Waals surface area (Å²) in [5.41, 5.74) is 3.62. The van der Waals surface area contributed by atoms with Crippen molar-refractivity contribution in [2.75, 3.05) is 21.3 Å². The number of rotatable bonds is 6. The molecule has 1 aliphatic heterocycles. The zero-order chi connectivity index (χ0) is 24.1. The van der Waals surface area contributed by atoms with E-state index in [1.54, 1.807) is 39.5 Å². The van der Waals surface area contributed by atoms with Crippen molar-refractivity contribution in [2.24, 2.45) is 9.98 Å². The SMILES string of the molecule is CCC1=Nc2ccccc2N=C(NC(=O)c2ccccc2OC)C1c1ccc(OC)c(OC)c1. The van der Waals surface area contributed by atoms with Gasteiger partial charge in [0, 0.05) is 5.71 Å². The van der Waals surface area contributed by atoms with Crippen molar-refractivity contribution in [3.8, 4) is 17.2 Å². The molecule has 7 heteroatoms. The lowest BCUT2D eigenvalue weighted by Crippen LogP contribution is -2.37. The number of nitrogens with zero attached hydrogens (tertiary/aromatic N) is 2. The maximum absolute atomic E-state index is 13.4. The van der Waals surface area contributed by atoms with Crippen molar-refractivity contribution in [1.29, 1.82) is 0 Å². The number of nitrogens with one attached hydrogen (secondary N) is 1. The van der Waals surface area contributed by atoms with Crippen LogP contribution in [0.15, 0.2) is 76.7 Å². The summed E-state index contributed by atoms with van der Waals surface area (Å²) in [5, 5.41) is 3.05. The molecule has 0 radical (unpaired) electrons. The van der Waals surface area contributed by atoms with Crippen LogP contribution >= 0.6 is 0 Å². The number of hydrogen-bond donors (Lipinski definition) is 1. The van der Waals surface area contributed by atoms with Gasteiger partial charge in [0.25, 0.3) is 5.91 Å². The van der Waals surface area contributed by atoms with Gasteiger partial charge in [0.2, 0.25) is 0 Å². The third-order valence-electron chi connectivity index (χ3n) is 5.69. The number of fused-ring (bicyclic) bond motifs is 1. The molecule has 1 amide bonds. The van der Waals surface area contributed by atoms with Crippen LogP contribution in [0.3, 0.4) is 0 Å². The highest BCUT2D eigenvalue weighted by molar-refractivity contribution is 6.20. The lowest BCUT2D eigenvalue weighted by atomic mass is 9.90. The van der Waals surface area contributed by atoms with Crippen LogP contribution in [0.2, 0.25) is 0 Å². The molecule has 0 aliphatic carbocycles. The van der Waals surface area contributed by atoms with Crippen LogP contribution in [0.5, 0.6) is 17.2 Å². The number of carbonyl (C=O) groups excluding carboxylic acids is 1. The Hall–Kier alpha value is -4.13. The molecule has 0 bridgehead atoms. The fraction of sp³-hybridized carbons (Fsp3) is 0.222. The average Bonchev–Trinajstić information content (AvgIpc) is 3.04. The molecular weight excluding hydrogens is 430 g/mol. The number of hydrogen-bond acceptors (Lipinski definition) is 6. The molecular formula is C27H27N3O4. The van der Waals surface area contributed by atoms with Gasteiger partial charge in [0.1, 0.15) is 11.6 Å². The van der Waals surface area contributed by atoms with Crippen LogP contribution in [-0.2, 0) is 0 Å². The van der Waals surface area contributed by atoms with Gasteiger partial charge in [-0.1, -0.05) is 37.3 Å². The highest BCUT2D eigenvalue weighted by atomic mass is 16.5. The molecule has 1 N–H and O–H groups in total. The van der Waals surface area contributed by atoms with E-state index in [4.69, 9.17) is 24.2 Å². The van der Waals surface area contributed by atoms with Gasteiger partial charge in [-0.3, -0.25) is 9.79 Å². The van der Waals surface area contributed by atoms with Gasteiger partial charge in [-0.15, -0.1) is 0 Å². The van der Waals surface area contributed by atoms with E-state index in [9.17, 15) is 4.79 Å². The predicted molar refractivity (Wildman–Crippen MR) is 134 cm³/mol. The lowest BCUT2D eigenvalue weighted by Gasteiger charge is -2.22. The molecule has 0 fully saturated rings. The number of benzene rings is 3. The Morgan fingerprint density at radius 2 is 1.47 bits per heavy atom. The summed E-state index contributed by atoms with van der Waals surface area (Å²) in [4.78, 5) is 23.2. The molecule has 1 heterocycles. The van der Waals surface area contributed by atoms with Crippen molar-refractivity contribution < 1.29 is 19.0 Å². The zero-order valence-electron chi connectivity index (χ0n) is 19.7. The fourth-order valence-electron chi connectivity index (χ4n) is 4.01. The van der Waals surface area contributed by atoms with Crippen LogP contribution in [0.4, 0.5) is 11.4 Å². The van der Waals surface area contributed by atoms with E-state index in [1.807, 2.05) is 55.5 Å². The van der Waals surface area contributed by atoms with Crippen LogP contribution in [-0.4, -0.2) is 38.8 Å². The first-order valence-electron chi connectivity index (χ1n) is 11.0. The van der Waals surface area contributed by atoms with Crippen molar-refractivity contribution in [1.82, 2.24) is 5.32 Å². The summed E-state index contributed by atoms with van der Waals surface area (Å²) < 4.78 is 16.3. The molecule has 7 nitrogen and oxygen atoms in total. The highest BCUT2D eigenvalue weighted by Crippen LogP contribution is 2.37. The number of methoxy groups -OCH3 is 3. The Morgan fingerprint density at radius 1 is 0.824 bits per heavy atom. The minimum absolute atomic E-state index is 0.309. The zero-order valence-corrected chi connectivity index (χ0v) is 19.7. The second-order valence-corrected chi connectivity index (χ2v) is 7.64. The van der Waals surface area contributed by atoms with Gasteiger partial charge in [-0.25, -0.2) is 4.99 Å². The van der Waals surface area contributed by atoms with E-state index >= 15 is 0 Å². The molecule has 0 saturated carbocycles. The second-order valence-electron chi connectivity index (χ2n) is 7.64. The minimum atomic E-state index is -0.393. The first-order valence-corrected chi connectivity index (χ1v) is 11.0. The smallest absolute Gasteiger partial charge is 0.260 e. The molecule has 1 aliphatic rings. The maximum atomic E-state index is 13.4. The normalized spacial score (nSPS) is 14.8. The molecule has 0 saturated heterocycles. The molecule has 34 heavy (non-hydrogen) atoms. The fourth-order valence-corrected chi connectivity index (χ4v) is 4.01. The van der Waals surface area contributed by atoms with E-state index in [1.165, 1.54) is 0 Å². The van der Waals surface area contributed by atoms with E-state index < -0.39 is 5.92 Å². The first kappa shape index (κ1) is 23.0. The summed E-state index contributed by atoms with van der Waals surface area (Å²) in [7, 11) is 4.73. The summed E-state index contributed by atoms with van der Waals surface area (Å²) in [6, 6.07) is 20.4. The van der Waals surface area contributed by atoms with Crippen LogP contribution in [0.1, 0.15) is 35.2 Å². The van der Waals surface area contributed by atoms with Gasteiger partial charge in [0.15, 0.2) is 11.5 Å². The van der Waals surface area contributed by atoms with Gasteiger partial charge in [-0.05, 0) is 48.4 Å². The van der Waals surface area contributed by atoms with Crippen LogP contribution in [0.25, 0.3) is 0 Å². The standard InChI is InChI=1S/C27H27N3O4/c1-5-19-25(17-14-15-23(33-3)24(16-17)34-4)26(29-21-12-8-7-11-20(21)28-19)30-27(31)18-10-6-9-13-22(18)32-2/h6-16,25H,5H2,1-4H3,(H,29,30,31). The molecule has 4 rings (SSSR count). The molecule has 1 unspecified atom stereocenters. The number of aliphatic imine (C=N–C) groups is 2. The Labute approximate surface area is 199 Å². The van der Waals surface area contributed by atoms with E-state index in [2.05, 4.69) is 5.32 Å². The van der Waals surface area contributed by atoms with Crippen LogP contribution in [0, 0.1) is 0 Å². The Balaban J connectivity index is 1.85. The van der Waals surface area contributed by atoms with E-state index in [0.29, 0.717) is 40.8 Å². The third kappa shape index (κ3) is 4.50. The summed E-state index contributed by atoms with van der Waals surface area (Å²) in [6.45, 7) is 2.04. The quantitative estimate of drug-likeness (QED) is 0.533.